The minimum absolute atomic E-state index is 0.0334. The van der Waals surface area contributed by atoms with E-state index < -0.39 is 6.03 Å². The van der Waals surface area contributed by atoms with Crippen molar-refractivity contribution in [3.05, 3.63) is 18.2 Å². The van der Waals surface area contributed by atoms with Crippen LogP contribution in [0.15, 0.2) is 18.2 Å². The van der Waals surface area contributed by atoms with E-state index in [1.54, 1.807) is 18.2 Å². The first-order valence-electron chi connectivity index (χ1n) is 10.6. The summed E-state index contributed by atoms with van der Waals surface area (Å²) in [5.74, 6) is 0.852. The molecule has 3 N–H and O–H groups in total. The van der Waals surface area contributed by atoms with Crippen molar-refractivity contribution in [3.63, 3.8) is 0 Å². The number of urea groups is 1. The second-order valence-electron chi connectivity index (χ2n) is 8.11. The minimum atomic E-state index is -0.412. The Kier molecular flexibility index (Phi) is 6.37. The lowest BCUT2D eigenvalue weighted by Gasteiger charge is -2.30. The fraction of sp³-hybridized carbons (Fsp3) is 0.571. The van der Waals surface area contributed by atoms with Crippen molar-refractivity contribution < 1.29 is 23.9 Å². The van der Waals surface area contributed by atoms with Crippen LogP contribution in [0.3, 0.4) is 0 Å². The summed E-state index contributed by atoms with van der Waals surface area (Å²) in [6.07, 6.45) is 5.52. The fourth-order valence-corrected chi connectivity index (χ4v) is 4.23. The monoisotopic (exact) mass is 416 g/mol. The summed E-state index contributed by atoms with van der Waals surface area (Å²) in [5, 5.41) is 8.19. The van der Waals surface area contributed by atoms with E-state index in [0.29, 0.717) is 43.1 Å². The van der Waals surface area contributed by atoms with E-state index in [1.807, 2.05) is 4.90 Å². The summed E-state index contributed by atoms with van der Waals surface area (Å²) >= 11 is 0. The van der Waals surface area contributed by atoms with Crippen molar-refractivity contribution in [2.75, 3.05) is 31.7 Å². The first kappa shape index (κ1) is 20.5. The molecule has 1 aliphatic carbocycles. The summed E-state index contributed by atoms with van der Waals surface area (Å²) in [5.41, 5.74) is 0.680. The maximum atomic E-state index is 12.6. The van der Waals surface area contributed by atoms with Gasteiger partial charge in [-0.2, -0.15) is 0 Å². The van der Waals surface area contributed by atoms with E-state index >= 15 is 0 Å². The molecular weight excluding hydrogens is 388 g/mol. The third kappa shape index (κ3) is 5.21. The highest BCUT2D eigenvalue weighted by Gasteiger charge is 2.27. The molecule has 9 nitrogen and oxygen atoms in total. The van der Waals surface area contributed by atoms with Crippen LogP contribution in [0, 0.1) is 5.92 Å². The smallest absolute Gasteiger partial charge is 0.321 e. The zero-order valence-electron chi connectivity index (χ0n) is 16.9. The lowest BCUT2D eigenvalue weighted by atomic mass is 9.96. The second-order valence-corrected chi connectivity index (χ2v) is 8.11. The lowest BCUT2D eigenvalue weighted by molar-refractivity contribution is -0.122. The summed E-state index contributed by atoms with van der Waals surface area (Å²) in [4.78, 5) is 38.6. The third-order valence-electron chi connectivity index (χ3n) is 5.91. The number of fused-ring (bicyclic) bond motifs is 1. The number of hydrogen-bond donors (Lipinski definition) is 3. The molecule has 1 saturated heterocycles. The van der Waals surface area contributed by atoms with Crippen molar-refractivity contribution in [1.29, 1.82) is 0 Å². The standard InChI is InChI=1S/C21H28N4O5/c26-19(24-21(28)23-15-3-1-2-4-15)12-25-9-7-14(8-10-25)20(27)22-16-5-6-17-18(11-16)30-13-29-17/h5-6,11,14-15H,1-4,7-10,12-13H2,(H,22,27)(H2,23,24,26,28). The molecule has 1 aromatic carbocycles. The molecule has 0 unspecified atom stereocenters. The molecule has 3 aliphatic rings. The van der Waals surface area contributed by atoms with E-state index in [-0.39, 0.29) is 37.1 Å². The van der Waals surface area contributed by atoms with Gasteiger partial charge in [0.1, 0.15) is 0 Å². The Morgan fingerprint density at radius 2 is 1.73 bits per heavy atom. The zero-order chi connectivity index (χ0) is 20.9. The number of likely N-dealkylation sites (tertiary alicyclic amines) is 1. The number of ether oxygens (including phenoxy) is 2. The van der Waals surface area contributed by atoms with Gasteiger partial charge in [0.2, 0.25) is 18.6 Å². The Balaban J connectivity index is 1.17. The molecule has 0 spiro atoms. The molecule has 4 amide bonds. The van der Waals surface area contributed by atoms with Crippen molar-refractivity contribution >= 4 is 23.5 Å². The number of imide groups is 1. The molecule has 2 heterocycles. The quantitative estimate of drug-likeness (QED) is 0.676. The van der Waals surface area contributed by atoms with Crippen LogP contribution in [0.25, 0.3) is 0 Å². The lowest BCUT2D eigenvalue weighted by Crippen LogP contribution is -2.48. The fourth-order valence-electron chi connectivity index (χ4n) is 4.23. The number of carbonyl (C=O) groups is 3. The largest absolute Gasteiger partial charge is 0.454 e. The van der Waals surface area contributed by atoms with Crippen LogP contribution in [0.2, 0.25) is 0 Å². The number of benzene rings is 1. The van der Waals surface area contributed by atoms with E-state index in [1.165, 1.54) is 0 Å². The molecule has 30 heavy (non-hydrogen) atoms. The maximum Gasteiger partial charge on any atom is 0.321 e. The maximum absolute atomic E-state index is 12.6. The summed E-state index contributed by atoms with van der Waals surface area (Å²) in [7, 11) is 0. The first-order valence-corrected chi connectivity index (χ1v) is 10.6. The number of anilines is 1. The van der Waals surface area contributed by atoms with Crippen LogP contribution < -0.4 is 25.4 Å². The summed E-state index contributed by atoms with van der Waals surface area (Å²) < 4.78 is 10.6. The van der Waals surface area contributed by atoms with Crippen molar-refractivity contribution in [2.24, 2.45) is 5.92 Å². The van der Waals surface area contributed by atoms with E-state index in [9.17, 15) is 14.4 Å². The Hall–Kier alpha value is -2.81. The van der Waals surface area contributed by atoms with Gasteiger partial charge >= 0.3 is 6.03 Å². The van der Waals surface area contributed by atoms with Crippen LogP contribution >= 0.6 is 0 Å². The average molecular weight is 416 g/mol. The molecule has 0 aromatic heterocycles. The average Bonchev–Trinajstić information content (AvgIpc) is 3.39. The van der Waals surface area contributed by atoms with Gasteiger partial charge in [-0.05, 0) is 50.9 Å². The molecule has 162 valence electrons. The van der Waals surface area contributed by atoms with Gasteiger partial charge in [-0.25, -0.2) is 4.79 Å². The van der Waals surface area contributed by atoms with E-state index in [0.717, 1.165) is 25.7 Å². The predicted octanol–water partition coefficient (Wildman–Crippen LogP) is 1.83. The molecule has 0 radical (unpaired) electrons. The molecular formula is C21H28N4O5. The van der Waals surface area contributed by atoms with Gasteiger partial charge in [0.15, 0.2) is 11.5 Å². The van der Waals surface area contributed by atoms with Gasteiger partial charge in [0, 0.05) is 23.7 Å². The van der Waals surface area contributed by atoms with Gasteiger partial charge in [-0.15, -0.1) is 0 Å². The zero-order valence-corrected chi connectivity index (χ0v) is 16.9. The van der Waals surface area contributed by atoms with Crippen LogP contribution in [-0.2, 0) is 9.59 Å². The highest BCUT2D eigenvalue weighted by atomic mass is 16.7. The third-order valence-corrected chi connectivity index (χ3v) is 5.91. The van der Waals surface area contributed by atoms with Crippen molar-refractivity contribution in [3.8, 4) is 11.5 Å². The summed E-state index contributed by atoms with van der Waals surface area (Å²) in [6, 6.07) is 5.10. The molecule has 0 bridgehead atoms. The van der Waals surface area contributed by atoms with Gasteiger partial charge in [-0.3, -0.25) is 19.8 Å². The predicted molar refractivity (Wildman–Crippen MR) is 109 cm³/mol. The highest BCUT2D eigenvalue weighted by molar-refractivity contribution is 5.95. The van der Waals surface area contributed by atoms with Crippen LogP contribution in [0.1, 0.15) is 38.5 Å². The Morgan fingerprint density at radius 1 is 1.00 bits per heavy atom. The first-order chi connectivity index (χ1) is 14.6. The van der Waals surface area contributed by atoms with Crippen LogP contribution in [-0.4, -0.2) is 55.2 Å². The molecule has 0 atom stereocenters. The highest BCUT2D eigenvalue weighted by Crippen LogP contribution is 2.34. The van der Waals surface area contributed by atoms with Crippen molar-refractivity contribution in [1.82, 2.24) is 15.5 Å². The topological polar surface area (TPSA) is 109 Å². The molecule has 2 fully saturated rings. The van der Waals surface area contributed by atoms with Crippen LogP contribution in [0.5, 0.6) is 11.5 Å². The SMILES string of the molecule is O=C(CN1CCC(C(=O)Nc2ccc3c(c2)OCO3)CC1)NC(=O)NC1CCCC1. The Morgan fingerprint density at radius 3 is 2.50 bits per heavy atom. The van der Waals surface area contributed by atoms with Gasteiger partial charge < -0.3 is 20.1 Å². The molecule has 4 rings (SSSR count). The number of nitrogens with one attached hydrogen (secondary N) is 3. The number of amides is 4. The normalized spacial score (nSPS) is 19.5. The van der Waals surface area contributed by atoms with Crippen LogP contribution in [0.4, 0.5) is 10.5 Å². The Labute approximate surface area is 175 Å². The number of hydrogen-bond acceptors (Lipinski definition) is 6. The number of piperidine rings is 1. The van der Waals surface area contributed by atoms with E-state index in [2.05, 4.69) is 16.0 Å². The summed E-state index contributed by atoms with van der Waals surface area (Å²) in [6.45, 7) is 1.63. The molecule has 1 saturated carbocycles. The van der Waals surface area contributed by atoms with Gasteiger partial charge in [0.05, 0.1) is 6.54 Å². The van der Waals surface area contributed by atoms with Gasteiger partial charge in [0.25, 0.3) is 0 Å². The van der Waals surface area contributed by atoms with E-state index in [4.69, 9.17) is 9.47 Å². The minimum Gasteiger partial charge on any atom is -0.454 e. The number of carbonyl (C=O) groups excluding carboxylic acids is 3. The van der Waals surface area contributed by atoms with Crippen molar-refractivity contribution in [2.45, 2.75) is 44.6 Å². The number of rotatable bonds is 5. The second kappa shape index (κ2) is 9.34. The van der Waals surface area contributed by atoms with Gasteiger partial charge in [-0.1, -0.05) is 12.8 Å². The molecule has 9 heteroatoms. The molecule has 1 aromatic rings. The molecule has 2 aliphatic heterocycles. The number of nitrogens with zero attached hydrogens (tertiary/aromatic N) is 1. The Bertz CT molecular complexity index is 801.